The highest BCUT2D eigenvalue weighted by Crippen LogP contribution is 2.37. The van der Waals surface area contributed by atoms with E-state index in [2.05, 4.69) is 31.3 Å². The van der Waals surface area contributed by atoms with Crippen LogP contribution in [0.3, 0.4) is 0 Å². The Kier molecular flexibility index (Phi) is 4.58. The van der Waals surface area contributed by atoms with E-state index in [0.29, 0.717) is 18.0 Å². The van der Waals surface area contributed by atoms with Gasteiger partial charge in [-0.15, -0.1) is 0 Å². The summed E-state index contributed by atoms with van der Waals surface area (Å²) in [5, 5.41) is 31.7. The first-order valence-corrected chi connectivity index (χ1v) is 7.09. The third kappa shape index (κ3) is 3.40. The van der Waals surface area contributed by atoms with Gasteiger partial charge in [0.25, 0.3) is 0 Å². The molecule has 2 rings (SSSR count). The zero-order valence-electron chi connectivity index (χ0n) is 12.3. The highest BCUT2D eigenvalue weighted by atomic mass is 16.3. The van der Waals surface area contributed by atoms with Crippen LogP contribution in [-0.4, -0.2) is 15.3 Å². The third-order valence-electron chi connectivity index (χ3n) is 3.79. The zero-order chi connectivity index (χ0) is 15.4. The first-order chi connectivity index (χ1) is 10.0. The van der Waals surface area contributed by atoms with E-state index in [4.69, 9.17) is 0 Å². The molecule has 4 heteroatoms. The molecule has 1 unspecified atom stereocenters. The molecule has 4 nitrogen and oxygen atoms in total. The van der Waals surface area contributed by atoms with Gasteiger partial charge in [0.2, 0.25) is 5.75 Å². The minimum atomic E-state index is -0.485. The minimum Gasteiger partial charge on any atom is -0.504 e. The Morgan fingerprint density at radius 2 is 1.62 bits per heavy atom. The maximum absolute atomic E-state index is 9.76. The first-order valence-electron chi connectivity index (χ1n) is 7.09. The molecule has 21 heavy (non-hydrogen) atoms. The molecule has 0 heterocycles. The first kappa shape index (κ1) is 15.0. The zero-order valence-corrected chi connectivity index (χ0v) is 12.3. The van der Waals surface area contributed by atoms with Gasteiger partial charge in [0.05, 0.1) is 0 Å². The fourth-order valence-corrected chi connectivity index (χ4v) is 2.12. The standard InChI is InChI=1S/C17H21NO3/c1-3-11(2)12-4-7-14(8-5-12)18-10-13-6-9-15(19)17(21)16(13)20/h4-9,11,18-21H,3,10H2,1-2H3. The lowest BCUT2D eigenvalue weighted by Gasteiger charge is -2.12. The van der Waals surface area contributed by atoms with Crippen LogP contribution in [0.5, 0.6) is 17.2 Å². The molecule has 0 fully saturated rings. The second-order valence-electron chi connectivity index (χ2n) is 5.23. The van der Waals surface area contributed by atoms with E-state index in [1.54, 1.807) is 6.07 Å². The van der Waals surface area contributed by atoms with Crippen molar-refractivity contribution in [1.82, 2.24) is 0 Å². The predicted octanol–water partition coefficient (Wildman–Crippen LogP) is 3.93. The van der Waals surface area contributed by atoms with E-state index in [1.165, 1.54) is 11.6 Å². The summed E-state index contributed by atoms with van der Waals surface area (Å²) in [6.07, 6.45) is 1.10. The van der Waals surface area contributed by atoms with Crippen LogP contribution in [0, 0.1) is 0 Å². The maximum Gasteiger partial charge on any atom is 0.200 e. The summed E-state index contributed by atoms with van der Waals surface area (Å²) in [7, 11) is 0. The van der Waals surface area contributed by atoms with Crippen molar-refractivity contribution in [3.63, 3.8) is 0 Å². The van der Waals surface area contributed by atoms with Gasteiger partial charge in [-0.05, 0) is 42.2 Å². The average Bonchev–Trinajstić information content (AvgIpc) is 2.52. The van der Waals surface area contributed by atoms with Crippen molar-refractivity contribution >= 4 is 5.69 Å². The van der Waals surface area contributed by atoms with Crippen molar-refractivity contribution in [3.8, 4) is 17.2 Å². The van der Waals surface area contributed by atoms with Gasteiger partial charge in [-0.2, -0.15) is 0 Å². The van der Waals surface area contributed by atoms with E-state index < -0.39 is 5.75 Å². The molecule has 0 aromatic heterocycles. The number of benzene rings is 2. The second-order valence-corrected chi connectivity index (χ2v) is 5.23. The number of phenolic OH excluding ortho intramolecular Hbond substituents is 3. The number of nitrogens with one attached hydrogen (secondary N) is 1. The minimum absolute atomic E-state index is 0.293. The SMILES string of the molecule is CCC(C)c1ccc(NCc2ccc(O)c(O)c2O)cc1. The van der Waals surface area contributed by atoms with Gasteiger partial charge in [0.1, 0.15) is 0 Å². The molecule has 0 aliphatic rings. The second kappa shape index (κ2) is 6.39. The fraction of sp³-hybridized carbons (Fsp3) is 0.294. The van der Waals surface area contributed by atoms with Crippen LogP contribution in [0.4, 0.5) is 5.69 Å². The molecular formula is C17H21NO3. The number of anilines is 1. The molecule has 0 aliphatic carbocycles. The quantitative estimate of drug-likeness (QED) is 0.629. The Labute approximate surface area is 124 Å². The van der Waals surface area contributed by atoms with Crippen molar-refractivity contribution in [3.05, 3.63) is 47.5 Å². The van der Waals surface area contributed by atoms with Gasteiger partial charge in [-0.3, -0.25) is 0 Å². The molecule has 2 aromatic carbocycles. The molecule has 0 spiro atoms. The Balaban J connectivity index is 2.05. The van der Waals surface area contributed by atoms with E-state index in [0.717, 1.165) is 12.1 Å². The number of hydrogen-bond acceptors (Lipinski definition) is 4. The lowest BCUT2D eigenvalue weighted by atomic mass is 9.98. The van der Waals surface area contributed by atoms with Crippen LogP contribution < -0.4 is 5.32 Å². The van der Waals surface area contributed by atoms with Gasteiger partial charge in [-0.1, -0.05) is 26.0 Å². The number of hydrogen-bond donors (Lipinski definition) is 4. The summed E-state index contributed by atoms with van der Waals surface area (Å²) >= 11 is 0. The van der Waals surface area contributed by atoms with Crippen molar-refractivity contribution in [2.24, 2.45) is 0 Å². The molecule has 0 saturated heterocycles. The molecule has 4 N–H and O–H groups in total. The monoisotopic (exact) mass is 287 g/mol. The Morgan fingerprint density at radius 3 is 2.24 bits per heavy atom. The number of phenols is 3. The summed E-state index contributed by atoms with van der Waals surface area (Å²) in [5.41, 5.74) is 2.76. The summed E-state index contributed by atoms with van der Waals surface area (Å²) in [6.45, 7) is 4.72. The van der Waals surface area contributed by atoms with Crippen LogP contribution in [-0.2, 0) is 6.54 Å². The van der Waals surface area contributed by atoms with E-state index in [-0.39, 0.29) is 11.5 Å². The van der Waals surface area contributed by atoms with Gasteiger partial charge in [0.15, 0.2) is 11.5 Å². The van der Waals surface area contributed by atoms with Gasteiger partial charge in [-0.25, -0.2) is 0 Å². The van der Waals surface area contributed by atoms with E-state index >= 15 is 0 Å². The summed E-state index contributed by atoms with van der Waals surface area (Å²) in [5.74, 6) is -0.563. The normalized spacial score (nSPS) is 12.1. The lowest BCUT2D eigenvalue weighted by molar-refractivity contribution is 0.365. The van der Waals surface area contributed by atoms with Crippen molar-refractivity contribution in [1.29, 1.82) is 0 Å². The van der Waals surface area contributed by atoms with Crippen molar-refractivity contribution < 1.29 is 15.3 Å². The molecule has 1 atom stereocenters. The Morgan fingerprint density at radius 1 is 0.952 bits per heavy atom. The molecule has 0 radical (unpaired) electrons. The highest BCUT2D eigenvalue weighted by Gasteiger charge is 2.10. The van der Waals surface area contributed by atoms with Crippen molar-refractivity contribution in [2.75, 3.05) is 5.32 Å². The van der Waals surface area contributed by atoms with Crippen LogP contribution >= 0.6 is 0 Å². The van der Waals surface area contributed by atoms with Gasteiger partial charge >= 0.3 is 0 Å². The van der Waals surface area contributed by atoms with Gasteiger partial charge < -0.3 is 20.6 Å². The fourth-order valence-electron chi connectivity index (χ4n) is 2.12. The molecular weight excluding hydrogens is 266 g/mol. The van der Waals surface area contributed by atoms with E-state index in [1.807, 2.05) is 12.1 Å². The van der Waals surface area contributed by atoms with E-state index in [9.17, 15) is 15.3 Å². The highest BCUT2D eigenvalue weighted by molar-refractivity contribution is 5.54. The third-order valence-corrected chi connectivity index (χ3v) is 3.79. The number of rotatable bonds is 5. The number of aromatic hydroxyl groups is 3. The summed E-state index contributed by atoms with van der Waals surface area (Å²) < 4.78 is 0. The van der Waals surface area contributed by atoms with Gasteiger partial charge in [0, 0.05) is 17.8 Å². The Bertz CT molecular complexity index is 608. The van der Waals surface area contributed by atoms with Crippen LogP contribution in [0.25, 0.3) is 0 Å². The maximum atomic E-state index is 9.76. The summed E-state index contributed by atoms with van der Waals surface area (Å²) in [6, 6.07) is 11.1. The molecule has 112 valence electrons. The molecule has 2 aromatic rings. The molecule has 0 saturated carbocycles. The molecule has 0 aliphatic heterocycles. The average molecular weight is 287 g/mol. The van der Waals surface area contributed by atoms with Crippen molar-refractivity contribution in [2.45, 2.75) is 32.7 Å². The predicted molar refractivity (Wildman–Crippen MR) is 83.9 cm³/mol. The van der Waals surface area contributed by atoms with Crippen LogP contribution in [0.1, 0.15) is 37.3 Å². The largest absolute Gasteiger partial charge is 0.504 e. The van der Waals surface area contributed by atoms with Crippen LogP contribution in [0.2, 0.25) is 0 Å². The summed E-state index contributed by atoms with van der Waals surface area (Å²) in [4.78, 5) is 0. The van der Waals surface area contributed by atoms with Crippen LogP contribution in [0.15, 0.2) is 36.4 Å². The Hall–Kier alpha value is -2.36. The smallest absolute Gasteiger partial charge is 0.200 e. The lowest BCUT2D eigenvalue weighted by Crippen LogP contribution is -2.00. The topological polar surface area (TPSA) is 72.7 Å². The molecule has 0 amide bonds. The molecule has 0 bridgehead atoms.